The quantitative estimate of drug-likeness (QED) is 0.0169. The number of hydrogen-bond acceptors (Lipinski definition) is 15. The normalized spacial score (nSPS) is 14.6. The molecular weight excluding hydrogens is 1310 g/mol. The van der Waals surface area contributed by atoms with Crippen LogP contribution in [-0.4, -0.2) is 96.7 Å². The minimum atomic E-state index is -4.99. The smallest absolute Gasteiger partial charge is 0.462 e. The highest BCUT2D eigenvalue weighted by Gasteiger charge is 2.30. The number of hydrogen-bond donors (Lipinski definition) is 3. The topological polar surface area (TPSA) is 237 Å². The molecule has 100 heavy (non-hydrogen) atoms. The molecule has 0 aliphatic rings. The minimum absolute atomic E-state index is 0.0641. The van der Waals surface area contributed by atoms with Gasteiger partial charge in [0.05, 0.1) is 26.4 Å². The van der Waals surface area contributed by atoms with Gasteiger partial charge >= 0.3 is 39.5 Å². The monoisotopic (exact) mass is 1440 g/mol. The van der Waals surface area contributed by atoms with Gasteiger partial charge in [-0.1, -0.05) is 252 Å². The van der Waals surface area contributed by atoms with Crippen LogP contribution in [0.15, 0.2) is 122 Å². The van der Waals surface area contributed by atoms with Crippen molar-refractivity contribution in [2.75, 3.05) is 39.6 Å². The first-order valence-electron chi connectivity index (χ1n) is 38.8. The van der Waals surface area contributed by atoms with Gasteiger partial charge in [0, 0.05) is 25.7 Å². The van der Waals surface area contributed by atoms with Crippen LogP contribution in [0.4, 0.5) is 0 Å². The molecule has 0 rings (SSSR count). The van der Waals surface area contributed by atoms with E-state index >= 15 is 0 Å². The first-order chi connectivity index (χ1) is 48.7. The summed E-state index contributed by atoms with van der Waals surface area (Å²) in [5.41, 5.74) is 0. The number of carbonyl (C=O) groups is 4. The molecule has 0 fully saturated rings. The zero-order valence-electron chi connectivity index (χ0n) is 62.6. The second kappa shape index (κ2) is 72.8. The van der Waals surface area contributed by atoms with Crippen LogP contribution < -0.4 is 0 Å². The molecule has 19 heteroatoms. The van der Waals surface area contributed by atoms with Crippen LogP contribution in [0.1, 0.15) is 310 Å². The molecule has 574 valence electrons. The highest BCUT2D eigenvalue weighted by molar-refractivity contribution is 7.47. The maximum Gasteiger partial charge on any atom is 0.472 e. The number of phosphoric acid groups is 2. The zero-order valence-corrected chi connectivity index (χ0v) is 64.4. The molecule has 0 aliphatic carbocycles. The van der Waals surface area contributed by atoms with E-state index in [9.17, 15) is 43.2 Å². The van der Waals surface area contributed by atoms with Crippen molar-refractivity contribution in [1.82, 2.24) is 0 Å². The number of aliphatic hydroxyl groups is 1. The van der Waals surface area contributed by atoms with Crippen LogP contribution in [0.3, 0.4) is 0 Å². The molecule has 0 saturated heterocycles. The van der Waals surface area contributed by atoms with Gasteiger partial charge in [0.25, 0.3) is 0 Å². The van der Waals surface area contributed by atoms with Crippen LogP contribution in [0.5, 0.6) is 0 Å². The van der Waals surface area contributed by atoms with Gasteiger partial charge in [-0.15, -0.1) is 0 Å². The van der Waals surface area contributed by atoms with Gasteiger partial charge in [-0.2, -0.15) is 0 Å². The summed E-state index contributed by atoms with van der Waals surface area (Å²) in [5.74, 6) is -2.28. The SMILES string of the molecule is CC/C=C\C/C=C\C/C=C\C/C=C\C/C=C\CCCC(=O)OCC(COP(=O)(O)OCC(O)COP(=O)(O)OCC(COC(=O)CCCCCCC/C=C\C/C=C\CCCCC)OC(=O)CCCCCCC/C=C\CCCCCC)OC(=O)CCCCCCC/C=C\C/C=C\CCCCC. The molecule has 0 spiro atoms. The molecule has 0 aromatic carbocycles. The Balaban J connectivity index is 5.43. The van der Waals surface area contributed by atoms with Gasteiger partial charge in [-0.25, -0.2) is 9.13 Å². The second-order valence-electron chi connectivity index (χ2n) is 25.6. The Morgan fingerprint density at radius 1 is 0.290 bits per heavy atom. The van der Waals surface area contributed by atoms with Crippen molar-refractivity contribution in [3.8, 4) is 0 Å². The average molecular weight is 1450 g/mol. The highest BCUT2D eigenvalue weighted by Crippen LogP contribution is 2.45. The Labute approximate surface area is 606 Å². The van der Waals surface area contributed by atoms with Crippen LogP contribution >= 0.6 is 15.6 Å². The van der Waals surface area contributed by atoms with Crippen molar-refractivity contribution in [2.45, 2.75) is 329 Å². The number of aliphatic hydroxyl groups excluding tert-OH is 1. The molecule has 0 heterocycles. The number of carbonyl (C=O) groups excluding carboxylic acids is 4. The van der Waals surface area contributed by atoms with Crippen molar-refractivity contribution in [3.63, 3.8) is 0 Å². The van der Waals surface area contributed by atoms with E-state index < -0.39 is 97.5 Å². The lowest BCUT2D eigenvalue weighted by Crippen LogP contribution is -2.30. The van der Waals surface area contributed by atoms with Crippen molar-refractivity contribution in [2.24, 2.45) is 0 Å². The van der Waals surface area contributed by atoms with E-state index in [0.29, 0.717) is 32.1 Å². The Kier molecular flexibility index (Phi) is 69.5. The van der Waals surface area contributed by atoms with Crippen molar-refractivity contribution in [1.29, 1.82) is 0 Å². The maximum atomic E-state index is 13.1. The number of unbranched alkanes of at least 4 members (excludes halogenated alkanes) is 26. The standard InChI is InChI=1S/C81H138O17P2/c1-5-9-13-17-21-25-29-33-36-37-40-43-46-50-54-58-62-66-79(84)92-72-77(98-81(86)68-64-60-56-52-48-44-39-35-31-27-23-19-15-11-7-3)74-96-100(89,90)94-70-75(82)69-93-99(87,88)95-73-76(97-80(85)67-63-59-55-51-47-41-32-28-24-20-16-12-8-4)71-91-78(83)65-61-57-53-49-45-42-38-34-30-26-22-18-14-10-6-2/h9,13,21-23,25-28,32-36,38-40,43,50,54,75-77,82H,5-8,10-12,14-20,24,29-31,37,41-42,44-49,51-53,55-74H2,1-4H3,(H,87,88)(H,89,90)/b13-9-,25-21-,26-22-,27-23-,32-28-,36-33-,38-34-,39-35-,43-40-,54-50-. The number of allylic oxidation sites excluding steroid dienone is 20. The summed E-state index contributed by atoms with van der Waals surface area (Å²) in [6.07, 6.45) is 79.0. The molecule has 3 N–H and O–H groups in total. The summed E-state index contributed by atoms with van der Waals surface area (Å²) in [5, 5.41) is 10.6. The number of esters is 4. The first-order valence-corrected chi connectivity index (χ1v) is 41.8. The van der Waals surface area contributed by atoms with Crippen LogP contribution in [0.2, 0.25) is 0 Å². The predicted molar refractivity (Wildman–Crippen MR) is 408 cm³/mol. The Morgan fingerprint density at radius 3 is 0.870 bits per heavy atom. The average Bonchev–Trinajstić information content (AvgIpc) is 1.06. The van der Waals surface area contributed by atoms with Gasteiger partial charge < -0.3 is 33.8 Å². The Morgan fingerprint density at radius 2 is 0.530 bits per heavy atom. The minimum Gasteiger partial charge on any atom is -0.462 e. The zero-order chi connectivity index (χ0) is 73.2. The Bertz CT molecular complexity index is 2370. The lowest BCUT2D eigenvalue weighted by molar-refractivity contribution is -0.161. The van der Waals surface area contributed by atoms with Gasteiger partial charge in [0.2, 0.25) is 0 Å². The molecule has 0 amide bonds. The van der Waals surface area contributed by atoms with Gasteiger partial charge in [-0.05, 0) is 154 Å². The summed E-state index contributed by atoms with van der Waals surface area (Å²) < 4.78 is 68.4. The molecule has 5 unspecified atom stereocenters. The van der Waals surface area contributed by atoms with Crippen molar-refractivity contribution >= 4 is 39.5 Å². The fourth-order valence-electron chi connectivity index (χ4n) is 9.96. The molecule has 0 saturated carbocycles. The molecule has 5 atom stereocenters. The van der Waals surface area contributed by atoms with E-state index in [2.05, 4.69) is 137 Å². The van der Waals surface area contributed by atoms with Gasteiger partial charge in [0.1, 0.15) is 19.3 Å². The largest absolute Gasteiger partial charge is 0.472 e. The van der Waals surface area contributed by atoms with E-state index in [-0.39, 0.29) is 25.7 Å². The van der Waals surface area contributed by atoms with E-state index in [1.165, 1.54) is 64.2 Å². The van der Waals surface area contributed by atoms with E-state index in [0.717, 1.165) is 161 Å². The molecule has 0 bridgehead atoms. The summed E-state index contributed by atoms with van der Waals surface area (Å²) in [6, 6.07) is 0. The van der Waals surface area contributed by atoms with E-state index in [4.69, 9.17) is 37.0 Å². The predicted octanol–water partition coefficient (Wildman–Crippen LogP) is 22.3. The van der Waals surface area contributed by atoms with Crippen molar-refractivity contribution < 1.29 is 80.2 Å². The third-order valence-corrected chi connectivity index (χ3v) is 17.8. The Hall–Kier alpha value is -4.54. The fourth-order valence-corrected chi connectivity index (χ4v) is 11.5. The third kappa shape index (κ3) is 71.8. The maximum absolute atomic E-state index is 13.1. The van der Waals surface area contributed by atoms with Crippen LogP contribution in [0, 0.1) is 0 Å². The second-order valence-corrected chi connectivity index (χ2v) is 28.5. The lowest BCUT2D eigenvalue weighted by Gasteiger charge is -2.21. The number of phosphoric ester groups is 2. The van der Waals surface area contributed by atoms with E-state index in [1.807, 2.05) is 12.2 Å². The number of rotatable bonds is 72. The lowest BCUT2D eigenvalue weighted by atomic mass is 10.1. The summed E-state index contributed by atoms with van der Waals surface area (Å²) in [7, 11) is -9.98. The number of ether oxygens (including phenoxy) is 4. The molecule has 17 nitrogen and oxygen atoms in total. The molecular formula is C81H138O17P2. The van der Waals surface area contributed by atoms with Gasteiger partial charge in [0.15, 0.2) is 12.2 Å². The molecule has 0 aliphatic heterocycles. The summed E-state index contributed by atoms with van der Waals surface area (Å²) in [4.78, 5) is 72.9. The first kappa shape index (κ1) is 95.5. The van der Waals surface area contributed by atoms with Crippen LogP contribution in [-0.2, 0) is 65.4 Å². The molecule has 0 aromatic rings. The summed E-state index contributed by atoms with van der Waals surface area (Å²) in [6.45, 7) is 4.59. The summed E-state index contributed by atoms with van der Waals surface area (Å²) >= 11 is 0. The fraction of sp³-hybridized carbons (Fsp3) is 0.704. The van der Waals surface area contributed by atoms with Crippen molar-refractivity contribution in [3.05, 3.63) is 122 Å². The van der Waals surface area contributed by atoms with Gasteiger partial charge in [-0.3, -0.25) is 37.3 Å². The molecule has 0 radical (unpaired) electrons. The van der Waals surface area contributed by atoms with E-state index in [1.54, 1.807) is 0 Å². The highest BCUT2D eigenvalue weighted by atomic mass is 31.2. The van der Waals surface area contributed by atoms with Crippen LogP contribution in [0.25, 0.3) is 0 Å². The third-order valence-electron chi connectivity index (χ3n) is 15.9. The molecule has 0 aromatic heterocycles.